The van der Waals surface area contributed by atoms with E-state index in [4.69, 9.17) is 10.2 Å². The average Bonchev–Trinajstić information content (AvgIpc) is 2.93. The minimum absolute atomic E-state index is 0.658. The maximum absolute atomic E-state index is 6.03. The molecular weight excluding hydrogens is 206 g/mol. The molecule has 1 aromatic heterocycles. The van der Waals surface area contributed by atoms with Crippen molar-refractivity contribution in [3.05, 3.63) is 22.6 Å². The Morgan fingerprint density at radius 2 is 2.07 bits per heavy atom. The molecule has 2 N–H and O–H groups in total. The van der Waals surface area contributed by atoms with E-state index in [-0.39, 0.29) is 0 Å². The quantitative estimate of drug-likeness (QED) is 0.837. The van der Waals surface area contributed by atoms with E-state index >= 15 is 0 Å². The molecule has 0 saturated heterocycles. The van der Waals surface area contributed by atoms with Crippen LogP contribution in [0.2, 0.25) is 0 Å². The van der Waals surface area contributed by atoms with Gasteiger partial charge in [-0.1, -0.05) is 12.8 Å². The van der Waals surface area contributed by atoms with E-state index in [0.29, 0.717) is 12.5 Å². The lowest BCUT2D eigenvalue weighted by Crippen LogP contribution is -2.03. The van der Waals surface area contributed by atoms with Crippen molar-refractivity contribution in [2.24, 2.45) is 5.73 Å². The second-order valence-electron chi connectivity index (χ2n) is 4.52. The van der Waals surface area contributed by atoms with Crippen LogP contribution in [0.1, 0.15) is 54.2 Å². The van der Waals surface area contributed by atoms with Crippen LogP contribution in [0.4, 0.5) is 0 Å². The fraction of sp³-hybridized carbons (Fsp3) is 0.667. The predicted molar refractivity (Wildman–Crippen MR) is 62.8 cm³/mol. The van der Waals surface area contributed by atoms with E-state index in [1.54, 1.807) is 0 Å². The fourth-order valence-electron chi connectivity index (χ4n) is 2.84. The summed E-state index contributed by atoms with van der Waals surface area (Å²) in [5.74, 6) is 5.27. The van der Waals surface area contributed by atoms with Gasteiger partial charge in [-0.15, -0.1) is 11.8 Å². The average molecular weight is 223 g/mol. The number of hydrogen-bond acceptors (Lipinski definition) is 3. The lowest BCUT2D eigenvalue weighted by Gasteiger charge is -2.08. The molecule has 2 aliphatic rings. The zero-order valence-corrected chi connectivity index (χ0v) is 9.74. The standard InChI is InChI=1S/C12H17NOS/c13-5-9-10-6-15-7-11(10)14-12(9)8-3-1-2-4-8/h8H,1-7,13H2. The summed E-state index contributed by atoms with van der Waals surface area (Å²) in [6, 6.07) is 0. The monoisotopic (exact) mass is 223 g/mol. The van der Waals surface area contributed by atoms with Crippen LogP contribution in [0.3, 0.4) is 0 Å². The molecule has 1 aliphatic carbocycles. The number of nitrogens with two attached hydrogens (primary N) is 1. The Morgan fingerprint density at radius 1 is 1.27 bits per heavy atom. The lowest BCUT2D eigenvalue weighted by atomic mass is 9.99. The van der Waals surface area contributed by atoms with E-state index in [1.807, 2.05) is 11.8 Å². The summed E-state index contributed by atoms with van der Waals surface area (Å²) in [6.07, 6.45) is 5.31. The Kier molecular flexibility index (Phi) is 2.53. The summed E-state index contributed by atoms with van der Waals surface area (Å²) in [5, 5.41) is 0. The number of rotatable bonds is 2. The molecule has 1 aliphatic heterocycles. The van der Waals surface area contributed by atoms with Gasteiger partial charge in [-0.3, -0.25) is 0 Å². The van der Waals surface area contributed by atoms with Gasteiger partial charge in [0.15, 0.2) is 0 Å². The van der Waals surface area contributed by atoms with Crippen molar-refractivity contribution < 1.29 is 4.42 Å². The van der Waals surface area contributed by atoms with Gasteiger partial charge in [0.25, 0.3) is 0 Å². The van der Waals surface area contributed by atoms with Crippen molar-refractivity contribution in [3.63, 3.8) is 0 Å². The third-order valence-electron chi connectivity index (χ3n) is 3.64. The molecule has 0 atom stereocenters. The van der Waals surface area contributed by atoms with Crippen molar-refractivity contribution >= 4 is 11.8 Å². The first-order valence-electron chi connectivity index (χ1n) is 5.81. The Balaban J connectivity index is 1.99. The molecule has 0 unspecified atom stereocenters. The SMILES string of the molecule is NCc1c(C2CCCC2)oc2c1CSC2. The van der Waals surface area contributed by atoms with Gasteiger partial charge in [-0.25, -0.2) is 0 Å². The number of thioether (sulfide) groups is 1. The highest BCUT2D eigenvalue weighted by Crippen LogP contribution is 2.43. The Bertz CT molecular complexity index is 366. The number of furan rings is 1. The van der Waals surface area contributed by atoms with Crippen LogP contribution in [0, 0.1) is 0 Å². The first kappa shape index (κ1) is 9.79. The van der Waals surface area contributed by atoms with Crippen molar-refractivity contribution in [3.8, 4) is 0 Å². The van der Waals surface area contributed by atoms with Crippen LogP contribution in [0.25, 0.3) is 0 Å². The number of hydrogen-bond donors (Lipinski definition) is 1. The predicted octanol–water partition coefficient (Wildman–Crippen LogP) is 3.14. The molecule has 0 amide bonds. The molecule has 0 radical (unpaired) electrons. The van der Waals surface area contributed by atoms with E-state index < -0.39 is 0 Å². The van der Waals surface area contributed by atoms with Gasteiger partial charge in [0.2, 0.25) is 0 Å². The maximum atomic E-state index is 6.03. The molecule has 2 nitrogen and oxygen atoms in total. The highest BCUT2D eigenvalue weighted by Gasteiger charge is 2.29. The molecule has 1 aromatic rings. The highest BCUT2D eigenvalue weighted by atomic mass is 32.2. The molecular formula is C12H17NOS. The van der Waals surface area contributed by atoms with Crippen LogP contribution in [-0.4, -0.2) is 0 Å². The first-order valence-corrected chi connectivity index (χ1v) is 6.96. The van der Waals surface area contributed by atoms with Crippen LogP contribution in [0.15, 0.2) is 4.42 Å². The van der Waals surface area contributed by atoms with Gasteiger partial charge in [0.05, 0.1) is 5.75 Å². The smallest absolute Gasteiger partial charge is 0.118 e. The third-order valence-corrected chi connectivity index (χ3v) is 4.60. The van der Waals surface area contributed by atoms with E-state index in [9.17, 15) is 0 Å². The summed E-state index contributed by atoms with van der Waals surface area (Å²) in [6.45, 7) is 0.658. The van der Waals surface area contributed by atoms with E-state index in [0.717, 1.165) is 11.5 Å². The van der Waals surface area contributed by atoms with Gasteiger partial charge >= 0.3 is 0 Å². The van der Waals surface area contributed by atoms with Crippen molar-refractivity contribution in [1.29, 1.82) is 0 Å². The molecule has 1 saturated carbocycles. The number of fused-ring (bicyclic) bond motifs is 1. The fourth-order valence-corrected chi connectivity index (χ4v) is 3.90. The van der Waals surface area contributed by atoms with Crippen LogP contribution >= 0.6 is 11.8 Å². The van der Waals surface area contributed by atoms with Crippen molar-refractivity contribution in [1.82, 2.24) is 0 Å². The highest BCUT2D eigenvalue weighted by molar-refractivity contribution is 7.98. The molecule has 0 bridgehead atoms. The minimum Gasteiger partial charge on any atom is -0.464 e. The summed E-state index contributed by atoms with van der Waals surface area (Å²) in [7, 11) is 0. The second-order valence-corrected chi connectivity index (χ2v) is 5.51. The molecule has 0 spiro atoms. The summed E-state index contributed by atoms with van der Waals surface area (Å²) >= 11 is 1.94. The zero-order valence-electron chi connectivity index (χ0n) is 8.92. The maximum Gasteiger partial charge on any atom is 0.118 e. The minimum atomic E-state index is 0.658. The van der Waals surface area contributed by atoms with Gasteiger partial charge in [0, 0.05) is 29.3 Å². The third kappa shape index (κ3) is 1.53. The Labute approximate surface area is 94.6 Å². The molecule has 2 heterocycles. The normalized spacial score (nSPS) is 21.1. The molecule has 0 aromatic carbocycles. The molecule has 3 rings (SSSR count). The van der Waals surface area contributed by atoms with Gasteiger partial charge in [-0.2, -0.15) is 0 Å². The molecule has 1 fully saturated rings. The summed E-state index contributed by atoms with van der Waals surface area (Å²) < 4.78 is 6.03. The van der Waals surface area contributed by atoms with E-state index in [1.165, 1.54) is 48.3 Å². The van der Waals surface area contributed by atoms with Crippen LogP contribution < -0.4 is 5.73 Å². The second kappa shape index (κ2) is 3.87. The molecule has 82 valence electrons. The van der Waals surface area contributed by atoms with Gasteiger partial charge < -0.3 is 10.2 Å². The lowest BCUT2D eigenvalue weighted by molar-refractivity contribution is 0.439. The molecule has 15 heavy (non-hydrogen) atoms. The van der Waals surface area contributed by atoms with E-state index in [2.05, 4.69) is 0 Å². The Hall–Kier alpha value is -0.410. The summed E-state index contributed by atoms with van der Waals surface area (Å²) in [5.41, 5.74) is 8.62. The topological polar surface area (TPSA) is 39.2 Å². The first-order chi connectivity index (χ1) is 7.40. The van der Waals surface area contributed by atoms with Crippen molar-refractivity contribution in [2.45, 2.75) is 49.7 Å². The zero-order chi connectivity index (χ0) is 10.3. The van der Waals surface area contributed by atoms with Crippen molar-refractivity contribution in [2.75, 3.05) is 0 Å². The largest absolute Gasteiger partial charge is 0.464 e. The van der Waals surface area contributed by atoms with Gasteiger partial charge in [-0.05, 0) is 12.8 Å². The van der Waals surface area contributed by atoms with Gasteiger partial charge in [0.1, 0.15) is 11.5 Å². The Morgan fingerprint density at radius 3 is 2.80 bits per heavy atom. The van der Waals surface area contributed by atoms with Crippen LogP contribution in [0.5, 0.6) is 0 Å². The summed E-state index contributed by atoms with van der Waals surface area (Å²) in [4.78, 5) is 0. The van der Waals surface area contributed by atoms with Crippen LogP contribution in [-0.2, 0) is 18.1 Å². The molecule has 3 heteroatoms.